The van der Waals surface area contributed by atoms with Crippen molar-refractivity contribution in [1.82, 2.24) is 0 Å². The van der Waals surface area contributed by atoms with Gasteiger partial charge in [0.15, 0.2) is 11.9 Å². The molecule has 4 fully saturated rings. The Labute approximate surface area is 364 Å². The van der Waals surface area contributed by atoms with Crippen molar-refractivity contribution in [3.8, 4) is 0 Å². The molecule has 5 aliphatic heterocycles. The predicted molar refractivity (Wildman–Crippen MR) is 225 cm³/mol. The van der Waals surface area contributed by atoms with Crippen LogP contribution in [0.25, 0.3) is 0 Å². The summed E-state index contributed by atoms with van der Waals surface area (Å²) >= 11 is 0. The summed E-state index contributed by atoms with van der Waals surface area (Å²) in [6.07, 6.45) is 4.46. The normalized spacial score (nSPS) is 41.5. The number of ketones is 1. The molecular formula is C47H78O14. The summed E-state index contributed by atoms with van der Waals surface area (Å²) in [6, 6.07) is 0. The molecule has 5 heterocycles. The van der Waals surface area contributed by atoms with Gasteiger partial charge in [-0.05, 0) is 95.6 Å². The van der Waals surface area contributed by atoms with Crippen LogP contribution in [0.2, 0.25) is 0 Å². The fraction of sp³-hybridized carbons (Fsp3) is 0.894. The van der Waals surface area contributed by atoms with Gasteiger partial charge in [-0.1, -0.05) is 55.4 Å². The second kappa shape index (κ2) is 20.3. The zero-order valence-electron chi connectivity index (χ0n) is 38.8. The first kappa shape index (κ1) is 49.8. The van der Waals surface area contributed by atoms with Crippen molar-refractivity contribution in [3.63, 3.8) is 0 Å². The van der Waals surface area contributed by atoms with Gasteiger partial charge >= 0.3 is 12.1 Å². The Kier molecular flexibility index (Phi) is 16.6. The zero-order valence-corrected chi connectivity index (χ0v) is 38.8. The van der Waals surface area contributed by atoms with E-state index >= 15 is 0 Å². The summed E-state index contributed by atoms with van der Waals surface area (Å²) in [5.74, 6) is -6.40. The van der Waals surface area contributed by atoms with Crippen LogP contribution in [0, 0.1) is 41.4 Å². The minimum absolute atomic E-state index is 0.0473. The minimum atomic E-state index is -1.49. The highest BCUT2D eigenvalue weighted by Crippen LogP contribution is 2.54. The largest absolute Gasteiger partial charge is 0.509 e. The van der Waals surface area contributed by atoms with Gasteiger partial charge in [0.05, 0.1) is 60.4 Å². The van der Waals surface area contributed by atoms with Crippen LogP contribution in [0.5, 0.6) is 0 Å². The average molecular weight is 867 g/mol. The third kappa shape index (κ3) is 10.4. The number of carbonyl (C=O) groups is 3. The molecule has 0 aromatic heterocycles. The Morgan fingerprint density at radius 3 is 2.21 bits per heavy atom. The van der Waals surface area contributed by atoms with Gasteiger partial charge in [-0.15, -0.1) is 0 Å². The second-order valence-electron chi connectivity index (χ2n) is 19.5. The molecular weight excluding hydrogens is 789 g/mol. The lowest BCUT2D eigenvalue weighted by Gasteiger charge is -2.54. The van der Waals surface area contributed by atoms with Crippen molar-refractivity contribution in [1.29, 1.82) is 0 Å². The quantitative estimate of drug-likeness (QED) is 0.0747. The van der Waals surface area contributed by atoms with Gasteiger partial charge in [-0.2, -0.15) is 0 Å². The molecule has 61 heavy (non-hydrogen) atoms. The number of methoxy groups -OCH3 is 1. The highest BCUT2D eigenvalue weighted by molar-refractivity contribution is 5.84. The summed E-state index contributed by atoms with van der Waals surface area (Å²) in [6.45, 7) is 20.0. The van der Waals surface area contributed by atoms with Crippen LogP contribution in [0.3, 0.4) is 0 Å². The maximum absolute atomic E-state index is 14.6. The molecule has 5 rings (SSSR count). The average Bonchev–Trinajstić information content (AvgIpc) is 3.57. The number of hydrogen-bond donors (Lipinski definition) is 3. The van der Waals surface area contributed by atoms with Crippen molar-refractivity contribution in [2.24, 2.45) is 41.4 Å². The maximum atomic E-state index is 14.6. The molecule has 3 N–H and O–H groups in total. The summed E-state index contributed by atoms with van der Waals surface area (Å²) in [7, 11) is 1.58. The number of carboxylic acids is 1. The molecule has 4 saturated heterocycles. The minimum Gasteiger partial charge on any atom is -0.481 e. The number of Topliss-reactive ketones (excluding diaryl/α,β-unsaturated/α-hetero) is 1. The number of hydrogen-bond acceptors (Lipinski definition) is 13. The van der Waals surface area contributed by atoms with E-state index in [2.05, 4.69) is 13.8 Å². The van der Waals surface area contributed by atoms with E-state index in [0.29, 0.717) is 70.8 Å². The van der Waals surface area contributed by atoms with Crippen LogP contribution >= 0.6 is 0 Å². The van der Waals surface area contributed by atoms with E-state index < -0.39 is 95.2 Å². The van der Waals surface area contributed by atoms with Crippen molar-refractivity contribution >= 4 is 17.9 Å². The Morgan fingerprint density at radius 1 is 0.885 bits per heavy atom. The van der Waals surface area contributed by atoms with Crippen LogP contribution in [-0.4, -0.2) is 119 Å². The molecule has 0 aromatic carbocycles. The summed E-state index contributed by atoms with van der Waals surface area (Å²) < 4.78 is 50.7. The highest BCUT2D eigenvalue weighted by Gasteiger charge is 2.64. The molecule has 2 spiro atoms. The van der Waals surface area contributed by atoms with E-state index in [1.54, 1.807) is 26.2 Å². The van der Waals surface area contributed by atoms with Gasteiger partial charge in [-0.3, -0.25) is 9.59 Å². The van der Waals surface area contributed by atoms with Crippen LogP contribution in [0.15, 0.2) is 12.2 Å². The Balaban J connectivity index is 1.38. The standard InChI is InChI=1S/C47H78O14/c1-12-33(42(50)51)35-17-16-27(4)40(57-35)31(8)38(48)30(7)39(49)34(13-2)41-28(5)26-29(6)46(59-41)21-19-37(58-43(52)55-25-15-24-54-11)47(61-46)23-22-44(10,60-47)36-18-20-45(53,14-3)32(9)56-36/h19,21,27-38,40-41,48,53H,12-18,20,22-26H2,1-11H3,(H,50,51)/t27?,28-,29+,30-,31-,32-,33+,34-,35+,36+,37+,38+,40+,41-,44-,45+,46-,47-/m0/s1. The molecule has 0 bridgehead atoms. The number of ether oxygens (including phenoxy) is 8. The lowest BCUT2D eigenvalue weighted by atomic mass is 9.72. The first-order valence-electron chi connectivity index (χ1n) is 23.3. The van der Waals surface area contributed by atoms with Crippen molar-refractivity contribution < 1.29 is 67.6 Å². The fourth-order valence-corrected chi connectivity index (χ4v) is 11.1. The van der Waals surface area contributed by atoms with Crippen LogP contribution < -0.4 is 0 Å². The molecule has 14 heteroatoms. The summed E-state index contributed by atoms with van der Waals surface area (Å²) in [5.41, 5.74) is -1.80. The second-order valence-corrected chi connectivity index (χ2v) is 19.5. The molecule has 0 saturated carbocycles. The fourth-order valence-electron chi connectivity index (χ4n) is 11.1. The zero-order chi connectivity index (χ0) is 45.1. The van der Waals surface area contributed by atoms with Gasteiger partial charge in [0, 0.05) is 50.2 Å². The molecule has 0 amide bonds. The van der Waals surface area contributed by atoms with Gasteiger partial charge < -0.3 is 53.2 Å². The summed E-state index contributed by atoms with van der Waals surface area (Å²) in [5, 5.41) is 32.9. The topological polar surface area (TPSA) is 186 Å². The van der Waals surface area contributed by atoms with Crippen LogP contribution in [0.1, 0.15) is 140 Å². The molecule has 0 aliphatic carbocycles. The maximum Gasteiger partial charge on any atom is 0.509 e. The smallest absolute Gasteiger partial charge is 0.481 e. The van der Waals surface area contributed by atoms with E-state index in [9.17, 15) is 29.7 Å². The molecule has 1 unspecified atom stereocenters. The van der Waals surface area contributed by atoms with E-state index in [1.807, 2.05) is 48.5 Å². The number of carbonyl (C=O) groups excluding carboxylic acids is 2. The predicted octanol–water partition coefficient (Wildman–Crippen LogP) is 7.39. The lowest BCUT2D eigenvalue weighted by molar-refractivity contribution is -0.408. The van der Waals surface area contributed by atoms with Gasteiger partial charge in [0.2, 0.25) is 5.79 Å². The van der Waals surface area contributed by atoms with Crippen molar-refractivity contribution in [2.45, 2.75) is 205 Å². The number of aliphatic carboxylic acids is 1. The van der Waals surface area contributed by atoms with E-state index in [4.69, 9.17) is 37.9 Å². The van der Waals surface area contributed by atoms with Gasteiger partial charge in [0.1, 0.15) is 5.78 Å². The third-order valence-electron chi connectivity index (χ3n) is 15.4. The monoisotopic (exact) mass is 867 g/mol. The van der Waals surface area contributed by atoms with E-state index in [1.165, 1.54) is 0 Å². The lowest BCUT2D eigenvalue weighted by Crippen LogP contribution is -2.63. The SMILES string of the molecule is CC[C@@H](C(=O)[C@@H](C)[C@@H](O)[C@H](C)[C@@H]1O[C@@H]([C@@H](CC)C(=O)O)CCC1C)[C@H]1O[C@]2(C=C[C@@H](OC(=O)OCCCOC)[C@]3(CC[C@@](C)([C@H]4CC[C@](O)(CC)[C@H](C)O4)O3)O2)[C@H](C)C[C@@H]1C. The van der Waals surface area contributed by atoms with Gasteiger partial charge in [0.25, 0.3) is 0 Å². The molecule has 350 valence electrons. The molecule has 14 nitrogen and oxygen atoms in total. The van der Waals surface area contributed by atoms with Crippen molar-refractivity contribution in [2.75, 3.05) is 20.3 Å². The Bertz CT molecular complexity index is 1520. The molecule has 5 aliphatic rings. The number of aliphatic hydroxyl groups excluding tert-OH is 1. The van der Waals surface area contributed by atoms with Gasteiger partial charge in [-0.25, -0.2) is 4.79 Å². The molecule has 0 aromatic rings. The number of carboxylic acid groups (broad SMARTS) is 1. The molecule has 18 atom stereocenters. The van der Waals surface area contributed by atoms with Crippen LogP contribution in [-0.2, 0) is 47.5 Å². The Hall–Kier alpha value is -2.17. The number of rotatable bonds is 17. The van der Waals surface area contributed by atoms with E-state index in [0.717, 1.165) is 6.42 Å². The highest BCUT2D eigenvalue weighted by atomic mass is 16.8. The van der Waals surface area contributed by atoms with Crippen molar-refractivity contribution in [3.05, 3.63) is 12.2 Å². The first-order valence-corrected chi connectivity index (χ1v) is 23.3. The van der Waals surface area contributed by atoms with Crippen LogP contribution in [0.4, 0.5) is 4.79 Å². The summed E-state index contributed by atoms with van der Waals surface area (Å²) in [4.78, 5) is 39.8. The Morgan fingerprint density at radius 2 is 1.59 bits per heavy atom. The van der Waals surface area contributed by atoms with E-state index in [-0.39, 0.29) is 36.2 Å². The number of aliphatic hydroxyl groups is 2. The third-order valence-corrected chi connectivity index (χ3v) is 15.4. The molecule has 0 radical (unpaired) electrons. The first-order chi connectivity index (χ1) is 28.7.